The van der Waals surface area contributed by atoms with E-state index in [9.17, 15) is 19.1 Å². The minimum absolute atomic E-state index is 0.320. The van der Waals surface area contributed by atoms with Gasteiger partial charge < -0.3 is 19.7 Å². The Labute approximate surface area is 117 Å². The largest absolute Gasteiger partial charge is 0.386 e. The van der Waals surface area contributed by atoms with E-state index in [0.717, 1.165) is 16.8 Å². The maximum absolute atomic E-state index is 14.8. The zero-order chi connectivity index (χ0) is 15.6. The lowest BCUT2D eigenvalue weighted by Crippen LogP contribution is -2.45. The summed E-state index contributed by atoms with van der Waals surface area (Å²) in [5.41, 5.74) is -4.29. The van der Waals surface area contributed by atoms with Crippen LogP contribution in [0.25, 0.3) is 0 Å². The van der Waals surface area contributed by atoms with Crippen molar-refractivity contribution in [1.29, 1.82) is 0 Å². The zero-order valence-electron chi connectivity index (χ0n) is 10.7. The molecule has 1 saturated heterocycles. The van der Waals surface area contributed by atoms with Crippen molar-refractivity contribution in [2.45, 2.75) is 24.1 Å². The molecule has 8 nitrogen and oxygen atoms in total. The molecule has 1 aliphatic rings. The summed E-state index contributed by atoms with van der Waals surface area (Å²) >= 11 is 0. The Morgan fingerprint density at radius 3 is 2.90 bits per heavy atom. The number of terminal acetylenes is 1. The van der Waals surface area contributed by atoms with Gasteiger partial charge in [0.2, 0.25) is 5.67 Å². The molecule has 4 atom stereocenters. The first-order valence-electron chi connectivity index (χ1n) is 5.94. The lowest BCUT2D eigenvalue weighted by atomic mass is 9.97. The van der Waals surface area contributed by atoms with Crippen LogP contribution in [0.2, 0.25) is 0 Å². The maximum Gasteiger partial charge on any atom is 0.330 e. The molecular formula is C12H13FN2O6. The van der Waals surface area contributed by atoms with Crippen molar-refractivity contribution in [3.8, 4) is 12.3 Å². The molecule has 21 heavy (non-hydrogen) atoms. The van der Waals surface area contributed by atoms with Crippen LogP contribution in [-0.4, -0.2) is 51.0 Å². The van der Waals surface area contributed by atoms with Gasteiger partial charge in [-0.25, -0.2) is 9.18 Å². The van der Waals surface area contributed by atoms with Crippen LogP contribution >= 0.6 is 0 Å². The highest BCUT2D eigenvalue weighted by atomic mass is 19.1. The third kappa shape index (κ3) is 2.62. The van der Waals surface area contributed by atoms with Crippen LogP contribution in [-0.2, 0) is 9.47 Å². The molecule has 1 aliphatic heterocycles. The molecule has 0 saturated carbocycles. The van der Waals surface area contributed by atoms with Crippen molar-refractivity contribution in [3.63, 3.8) is 0 Å². The number of H-pyrrole nitrogens is 1. The zero-order valence-corrected chi connectivity index (χ0v) is 10.7. The molecule has 1 aromatic rings. The van der Waals surface area contributed by atoms with E-state index in [1.165, 1.54) is 0 Å². The summed E-state index contributed by atoms with van der Waals surface area (Å²) in [4.78, 5) is 24.6. The number of aromatic amines is 1. The van der Waals surface area contributed by atoms with E-state index in [2.05, 4.69) is 4.74 Å². The number of aliphatic hydroxyl groups excluding tert-OH is 2. The summed E-state index contributed by atoms with van der Waals surface area (Å²) in [5, 5.41) is 18.5. The van der Waals surface area contributed by atoms with Crippen molar-refractivity contribution < 1.29 is 24.1 Å². The molecule has 0 aliphatic carbocycles. The van der Waals surface area contributed by atoms with Crippen molar-refractivity contribution in [2.24, 2.45) is 0 Å². The van der Waals surface area contributed by atoms with E-state index < -0.39 is 42.1 Å². The average molecular weight is 300 g/mol. The van der Waals surface area contributed by atoms with Crippen LogP contribution < -0.4 is 11.2 Å². The van der Waals surface area contributed by atoms with Crippen LogP contribution in [0.3, 0.4) is 0 Å². The van der Waals surface area contributed by atoms with Crippen molar-refractivity contribution in [2.75, 3.05) is 13.4 Å². The van der Waals surface area contributed by atoms with E-state index in [0.29, 0.717) is 0 Å². The fourth-order valence-electron chi connectivity index (χ4n) is 2.09. The summed E-state index contributed by atoms with van der Waals surface area (Å²) in [5.74, 6) is 1.78. The first kappa shape index (κ1) is 15.4. The van der Waals surface area contributed by atoms with Gasteiger partial charge in [0, 0.05) is 12.3 Å². The predicted octanol–water partition coefficient (Wildman–Crippen LogP) is -1.90. The molecule has 3 N–H and O–H groups in total. The number of halogens is 1. The molecule has 0 aromatic carbocycles. The third-order valence-electron chi connectivity index (χ3n) is 3.14. The molecule has 114 valence electrons. The number of nitrogens with zero attached hydrogens (tertiary/aromatic N) is 1. The Morgan fingerprint density at radius 1 is 1.62 bits per heavy atom. The van der Waals surface area contributed by atoms with Gasteiger partial charge in [-0.15, -0.1) is 6.42 Å². The van der Waals surface area contributed by atoms with E-state index >= 15 is 0 Å². The van der Waals surface area contributed by atoms with E-state index in [-0.39, 0.29) is 6.61 Å². The van der Waals surface area contributed by atoms with Crippen molar-refractivity contribution >= 4 is 0 Å². The molecular weight excluding hydrogens is 287 g/mol. The summed E-state index contributed by atoms with van der Waals surface area (Å²) < 4.78 is 25.4. The van der Waals surface area contributed by atoms with Gasteiger partial charge in [-0.05, 0) is 0 Å². The number of aromatic nitrogens is 2. The van der Waals surface area contributed by atoms with Gasteiger partial charge in [0.05, 0.1) is 6.61 Å². The second kappa shape index (κ2) is 5.79. The van der Waals surface area contributed by atoms with Gasteiger partial charge in [-0.3, -0.25) is 14.3 Å². The van der Waals surface area contributed by atoms with Crippen LogP contribution in [0.4, 0.5) is 4.39 Å². The first-order chi connectivity index (χ1) is 9.93. The van der Waals surface area contributed by atoms with Gasteiger partial charge in [0.15, 0.2) is 6.23 Å². The van der Waals surface area contributed by atoms with E-state index in [1.807, 2.05) is 4.98 Å². The Hall–Kier alpha value is -1.99. The molecule has 1 aromatic heterocycles. The Kier molecular flexibility index (Phi) is 4.24. The minimum atomic E-state index is -2.69. The highest BCUT2D eigenvalue weighted by Crippen LogP contribution is 2.40. The number of ether oxygens (including phenoxy) is 2. The molecule has 0 spiro atoms. The number of hydrogen-bond acceptors (Lipinski definition) is 6. The quantitative estimate of drug-likeness (QED) is 0.442. The molecule has 1 fully saturated rings. The fourth-order valence-corrected chi connectivity index (χ4v) is 2.09. The molecule has 2 rings (SSSR count). The molecule has 0 bridgehead atoms. The second-order valence-corrected chi connectivity index (χ2v) is 4.40. The molecule has 0 radical (unpaired) electrons. The summed E-state index contributed by atoms with van der Waals surface area (Å²) in [6.45, 7) is -0.967. The maximum atomic E-state index is 14.8. The van der Waals surface area contributed by atoms with Gasteiger partial charge in [-0.2, -0.15) is 0 Å². The van der Waals surface area contributed by atoms with Crippen LogP contribution in [0, 0.1) is 12.3 Å². The van der Waals surface area contributed by atoms with Crippen LogP contribution in [0.1, 0.15) is 6.23 Å². The molecule has 0 unspecified atom stereocenters. The van der Waals surface area contributed by atoms with Gasteiger partial charge >= 0.3 is 5.69 Å². The Bertz CT molecular complexity index is 665. The molecule has 2 heterocycles. The molecule has 0 amide bonds. The van der Waals surface area contributed by atoms with Gasteiger partial charge in [0.1, 0.15) is 19.0 Å². The standard InChI is InChI=1S/C12H13FN2O6/c1-2-12(13)9(18)7(5-20-6-16)21-10(12)15-4-3-8(17)14-11(15)19/h1,3-4,7,9-10,16,18H,5-6H2,(H,14,17,19)/t7-,9-,10-,12-/m1/s1. The smallest absolute Gasteiger partial charge is 0.330 e. The van der Waals surface area contributed by atoms with Crippen LogP contribution in [0.5, 0.6) is 0 Å². The average Bonchev–Trinajstić information content (AvgIpc) is 2.70. The SMILES string of the molecule is C#C[C@@]1(F)[C@H](O)[C@@H](COCO)O[C@H]1n1ccc(=O)[nH]c1=O. The van der Waals surface area contributed by atoms with Crippen molar-refractivity contribution in [3.05, 3.63) is 33.1 Å². The minimum Gasteiger partial charge on any atom is -0.386 e. The lowest BCUT2D eigenvalue weighted by Gasteiger charge is -2.23. The topological polar surface area (TPSA) is 114 Å². The van der Waals surface area contributed by atoms with E-state index in [1.54, 1.807) is 5.92 Å². The second-order valence-electron chi connectivity index (χ2n) is 4.40. The van der Waals surface area contributed by atoms with Crippen molar-refractivity contribution in [1.82, 2.24) is 9.55 Å². The van der Waals surface area contributed by atoms with Crippen LogP contribution in [0.15, 0.2) is 21.9 Å². The number of hydrogen-bond donors (Lipinski definition) is 3. The Morgan fingerprint density at radius 2 is 2.33 bits per heavy atom. The third-order valence-corrected chi connectivity index (χ3v) is 3.14. The number of nitrogens with one attached hydrogen (secondary N) is 1. The lowest BCUT2D eigenvalue weighted by molar-refractivity contribution is -0.0938. The summed E-state index contributed by atoms with van der Waals surface area (Å²) in [7, 11) is 0. The number of alkyl halides is 1. The fraction of sp³-hybridized carbons (Fsp3) is 0.500. The predicted molar refractivity (Wildman–Crippen MR) is 66.9 cm³/mol. The van der Waals surface area contributed by atoms with Gasteiger partial charge in [0.25, 0.3) is 5.56 Å². The highest BCUT2D eigenvalue weighted by molar-refractivity contribution is 5.19. The van der Waals surface area contributed by atoms with E-state index in [4.69, 9.17) is 16.3 Å². The monoisotopic (exact) mass is 300 g/mol. The highest BCUT2D eigenvalue weighted by Gasteiger charge is 2.57. The molecule has 9 heteroatoms. The number of aliphatic hydroxyl groups is 2. The summed E-state index contributed by atoms with van der Waals surface area (Å²) in [6.07, 6.45) is 1.55. The Balaban J connectivity index is 2.40. The first-order valence-corrected chi connectivity index (χ1v) is 5.94. The van der Waals surface area contributed by atoms with Gasteiger partial charge in [-0.1, -0.05) is 5.92 Å². The normalized spacial score (nSPS) is 32.0. The summed E-state index contributed by atoms with van der Waals surface area (Å²) in [6, 6.07) is 0.992. The number of rotatable bonds is 4.